The lowest BCUT2D eigenvalue weighted by molar-refractivity contribution is -0.118. The molecule has 2 saturated heterocycles. The number of benzene rings is 1. The largest absolute Gasteiger partial charge is 0.372 e. The second kappa shape index (κ2) is 7.40. The third-order valence-corrected chi connectivity index (χ3v) is 5.41. The molecule has 5 heteroatoms. The highest BCUT2D eigenvalue weighted by Crippen LogP contribution is 2.31. The Morgan fingerprint density at radius 2 is 1.96 bits per heavy atom. The first-order chi connectivity index (χ1) is 11.1. The highest BCUT2D eigenvalue weighted by Gasteiger charge is 2.38. The van der Waals surface area contributed by atoms with Gasteiger partial charge in [0, 0.05) is 39.1 Å². The van der Waals surface area contributed by atoms with E-state index in [1.807, 2.05) is 0 Å². The molecule has 1 aromatic carbocycles. The van der Waals surface area contributed by atoms with Crippen LogP contribution < -0.4 is 0 Å². The van der Waals surface area contributed by atoms with Crippen LogP contribution in [-0.4, -0.2) is 54.2 Å². The molecule has 1 atom stereocenters. The zero-order valence-corrected chi connectivity index (χ0v) is 15.1. The summed E-state index contributed by atoms with van der Waals surface area (Å²) in [5, 5.41) is 0. The van der Waals surface area contributed by atoms with E-state index in [2.05, 4.69) is 44.1 Å². The first-order valence-corrected chi connectivity index (χ1v) is 8.99. The second-order valence-corrected chi connectivity index (χ2v) is 7.71. The molecule has 2 aliphatic rings. The number of aryl methyl sites for hydroxylation is 1. The van der Waals surface area contributed by atoms with Crippen molar-refractivity contribution in [3.05, 3.63) is 34.9 Å². The molecule has 2 heterocycles. The molecule has 2 aliphatic heterocycles. The zero-order chi connectivity index (χ0) is 16.3. The van der Waals surface area contributed by atoms with E-state index in [0.29, 0.717) is 6.42 Å². The summed E-state index contributed by atoms with van der Waals surface area (Å²) in [6.07, 6.45) is 3.70. The Hall–Kier alpha value is -0.800. The summed E-state index contributed by atoms with van der Waals surface area (Å²) in [6, 6.07) is 6.51. The molecule has 23 heavy (non-hydrogen) atoms. The van der Waals surface area contributed by atoms with Gasteiger partial charge in [-0.15, -0.1) is 0 Å². The smallest absolute Gasteiger partial charge is 0.124 e. The second-order valence-electron chi connectivity index (χ2n) is 6.98. The van der Waals surface area contributed by atoms with Gasteiger partial charge in [0.05, 0.1) is 12.2 Å². The lowest BCUT2D eigenvalue weighted by Gasteiger charge is -2.46. The van der Waals surface area contributed by atoms with Crippen LogP contribution >= 0.6 is 9.39 Å². The molecular formula is C18H27N2O2P. The first-order valence-electron chi connectivity index (χ1n) is 8.48. The predicted octanol–water partition coefficient (Wildman–Crippen LogP) is 2.19. The fraction of sp³-hybridized carbons (Fsp3) is 0.611. The molecule has 0 radical (unpaired) electrons. The summed E-state index contributed by atoms with van der Waals surface area (Å²) >= 11 is 0. The van der Waals surface area contributed by atoms with E-state index in [4.69, 9.17) is 4.74 Å². The third-order valence-electron chi connectivity index (χ3n) is 4.97. The van der Waals surface area contributed by atoms with Crippen LogP contribution in [0.3, 0.4) is 0 Å². The molecule has 0 aliphatic carbocycles. The van der Waals surface area contributed by atoms with Crippen molar-refractivity contribution in [1.29, 1.82) is 0 Å². The van der Waals surface area contributed by atoms with Crippen molar-refractivity contribution in [2.24, 2.45) is 0 Å². The van der Waals surface area contributed by atoms with Gasteiger partial charge in [-0.05, 0) is 30.9 Å². The van der Waals surface area contributed by atoms with Crippen molar-refractivity contribution in [2.45, 2.75) is 38.3 Å². The van der Waals surface area contributed by atoms with Crippen LogP contribution in [0.2, 0.25) is 0 Å². The average molecular weight is 334 g/mol. The highest BCUT2D eigenvalue weighted by atomic mass is 31.0. The van der Waals surface area contributed by atoms with Gasteiger partial charge >= 0.3 is 0 Å². The van der Waals surface area contributed by atoms with Crippen LogP contribution in [0, 0.1) is 6.92 Å². The van der Waals surface area contributed by atoms with Gasteiger partial charge in [0.15, 0.2) is 0 Å². The fourth-order valence-electron chi connectivity index (χ4n) is 3.81. The predicted molar refractivity (Wildman–Crippen MR) is 95.4 cm³/mol. The molecule has 4 nitrogen and oxygen atoms in total. The van der Waals surface area contributed by atoms with E-state index in [-0.39, 0.29) is 5.60 Å². The van der Waals surface area contributed by atoms with Crippen LogP contribution in [0.15, 0.2) is 18.2 Å². The Labute approximate surface area is 141 Å². The Kier molecular flexibility index (Phi) is 5.48. The van der Waals surface area contributed by atoms with Gasteiger partial charge in [-0.25, -0.2) is 0 Å². The summed E-state index contributed by atoms with van der Waals surface area (Å²) in [5.74, 6) is 0. The quantitative estimate of drug-likeness (QED) is 0.624. The first kappa shape index (κ1) is 17.0. The van der Waals surface area contributed by atoms with E-state index in [0.717, 1.165) is 64.0 Å². The van der Waals surface area contributed by atoms with Crippen molar-refractivity contribution in [1.82, 2.24) is 9.57 Å². The number of rotatable bonds is 4. The van der Waals surface area contributed by atoms with E-state index in [1.165, 1.54) is 11.1 Å². The molecule has 0 saturated carbocycles. The summed E-state index contributed by atoms with van der Waals surface area (Å²) in [4.78, 5) is 13.3. The van der Waals surface area contributed by atoms with E-state index >= 15 is 0 Å². The molecule has 1 unspecified atom stereocenters. The minimum atomic E-state index is 0.0613. The lowest BCUT2D eigenvalue weighted by atomic mass is 9.89. The van der Waals surface area contributed by atoms with Crippen LogP contribution in [0.5, 0.6) is 0 Å². The summed E-state index contributed by atoms with van der Waals surface area (Å²) < 4.78 is 8.44. The number of hydrogen-bond donors (Lipinski definition) is 0. The number of likely N-dealkylation sites (tertiary alicyclic amines) is 1. The standard InChI is InChI=1S/C18H27N2O2P/c1-15-10-16(2-8-21)12-17(11-15)13-19-5-3-18(4-6-19)14-20(23)7-9-22-18/h8,10-12H,2-7,9,13-14,23H2,1H3. The Morgan fingerprint density at radius 3 is 2.65 bits per heavy atom. The summed E-state index contributed by atoms with van der Waals surface area (Å²) in [6.45, 7) is 8.11. The van der Waals surface area contributed by atoms with Gasteiger partial charge in [0.25, 0.3) is 0 Å². The van der Waals surface area contributed by atoms with Gasteiger partial charge in [-0.1, -0.05) is 33.2 Å². The molecule has 3 rings (SSSR count). The molecule has 1 spiro atoms. The summed E-state index contributed by atoms with van der Waals surface area (Å²) in [5.41, 5.74) is 3.74. The molecular weight excluding hydrogens is 307 g/mol. The van der Waals surface area contributed by atoms with Crippen LogP contribution in [0.1, 0.15) is 29.5 Å². The van der Waals surface area contributed by atoms with Crippen LogP contribution in [-0.2, 0) is 22.5 Å². The Balaban J connectivity index is 1.59. The van der Waals surface area contributed by atoms with E-state index < -0.39 is 0 Å². The number of carbonyl (C=O) groups is 1. The van der Waals surface area contributed by atoms with Crippen molar-refractivity contribution in [3.8, 4) is 0 Å². The van der Waals surface area contributed by atoms with Crippen LogP contribution in [0.25, 0.3) is 0 Å². The van der Waals surface area contributed by atoms with Gasteiger partial charge < -0.3 is 9.53 Å². The van der Waals surface area contributed by atoms with Crippen molar-refractivity contribution in [3.63, 3.8) is 0 Å². The monoisotopic (exact) mass is 334 g/mol. The van der Waals surface area contributed by atoms with Gasteiger partial charge in [-0.3, -0.25) is 9.57 Å². The maximum absolute atomic E-state index is 10.8. The minimum absolute atomic E-state index is 0.0613. The minimum Gasteiger partial charge on any atom is -0.372 e. The topological polar surface area (TPSA) is 32.8 Å². The normalized spacial score (nSPS) is 22.3. The van der Waals surface area contributed by atoms with Gasteiger partial charge in [0.2, 0.25) is 0 Å². The molecule has 2 fully saturated rings. The molecule has 0 amide bonds. The average Bonchev–Trinajstić information content (AvgIpc) is 2.50. The third kappa shape index (κ3) is 4.39. The molecule has 0 aromatic heterocycles. The lowest BCUT2D eigenvalue weighted by Crippen LogP contribution is -2.54. The van der Waals surface area contributed by atoms with Gasteiger partial charge in [-0.2, -0.15) is 0 Å². The number of carbonyl (C=O) groups excluding carboxylic acids is 1. The summed E-state index contributed by atoms with van der Waals surface area (Å²) in [7, 11) is 2.82. The van der Waals surface area contributed by atoms with Crippen molar-refractivity contribution < 1.29 is 9.53 Å². The maximum Gasteiger partial charge on any atom is 0.124 e. The SMILES string of the molecule is Cc1cc(CC=O)cc(CN2CCC3(CC2)CN(P)CCO3)c1. The number of nitrogens with zero attached hydrogens (tertiary/aromatic N) is 2. The molecule has 0 bridgehead atoms. The maximum atomic E-state index is 10.8. The number of aldehydes is 1. The Bertz CT molecular complexity index is 556. The zero-order valence-electron chi connectivity index (χ0n) is 14.0. The number of morpholine rings is 1. The van der Waals surface area contributed by atoms with Crippen molar-refractivity contribution >= 4 is 15.7 Å². The molecule has 0 N–H and O–H groups in total. The molecule has 1 aromatic rings. The number of hydrogen-bond acceptors (Lipinski definition) is 4. The Morgan fingerprint density at radius 1 is 1.22 bits per heavy atom. The number of ether oxygens (including phenoxy) is 1. The van der Waals surface area contributed by atoms with E-state index in [1.54, 1.807) is 0 Å². The molecule has 126 valence electrons. The fourth-order valence-corrected chi connectivity index (χ4v) is 4.25. The van der Waals surface area contributed by atoms with Crippen LogP contribution in [0.4, 0.5) is 0 Å². The van der Waals surface area contributed by atoms with Crippen molar-refractivity contribution in [2.75, 3.05) is 32.8 Å². The van der Waals surface area contributed by atoms with E-state index in [9.17, 15) is 4.79 Å². The number of piperidine rings is 1. The van der Waals surface area contributed by atoms with Gasteiger partial charge in [0.1, 0.15) is 6.29 Å². The highest BCUT2D eigenvalue weighted by molar-refractivity contribution is 7.13.